The Kier molecular flexibility index (Phi) is 2.35. The fraction of sp³-hybridized carbons (Fsp3) is 0.538. The fourth-order valence-electron chi connectivity index (χ4n) is 3.13. The summed E-state index contributed by atoms with van der Waals surface area (Å²) in [5, 5.41) is 2.78. The Morgan fingerprint density at radius 1 is 1.24 bits per heavy atom. The van der Waals surface area contributed by atoms with E-state index in [-0.39, 0.29) is 11.3 Å². The van der Waals surface area contributed by atoms with Gasteiger partial charge in [0.2, 0.25) is 0 Å². The molecule has 0 radical (unpaired) electrons. The molecule has 2 aliphatic rings. The Bertz CT molecular complexity index is 577. The first-order valence-corrected chi connectivity index (χ1v) is 7.67. The van der Waals surface area contributed by atoms with Crippen LogP contribution in [0.1, 0.15) is 36.1 Å². The highest BCUT2D eigenvalue weighted by Crippen LogP contribution is 2.41. The van der Waals surface area contributed by atoms with Gasteiger partial charge in [0.1, 0.15) is 0 Å². The first kappa shape index (κ1) is 11.2. The van der Waals surface area contributed by atoms with Gasteiger partial charge in [-0.3, -0.25) is 0 Å². The molecule has 1 aliphatic carbocycles. The smallest absolute Gasteiger partial charge is 0.183 e. The molecule has 1 aliphatic heterocycles. The predicted octanol–water partition coefficient (Wildman–Crippen LogP) is 1.61. The summed E-state index contributed by atoms with van der Waals surface area (Å²) >= 11 is 0. The van der Waals surface area contributed by atoms with Crippen molar-refractivity contribution in [2.45, 2.75) is 42.4 Å². The summed E-state index contributed by atoms with van der Waals surface area (Å²) in [7, 11) is -1.30. The summed E-state index contributed by atoms with van der Waals surface area (Å²) in [6, 6.07) is 3.97. The fourth-order valence-corrected chi connectivity index (χ4v) is 4.99. The van der Waals surface area contributed by atoms with Crippen LogP contribution in [0.2, 0.25) is 0 Å². The lowest BCUT2D eigenvalue weighted by molar-refractivity contribution is 0.553. The quantitative estimate of drug-likeness (QED) is 0.825. The van der Waals surface area contributed by atoms with E-state index in [9.17, 15) is 8.42 Å². The van der Waals surface area contributed by atoms with Crippen LogP contribution >= 0.6 is 0 Å². The van der Waals surface area contributed by atoms with Crippen LogP contribution in [-0.2, 0) is 22.7 Å². The standard InChI is InChI=1S/C13H17NO2S/c1-8-13(14-2)11-6-9-4-3-5-10(9)7-12(11)17(8,15)16/h6-8,13-14H,3-5H2,1-2H3. The van der Waals surface area contributed by atoms with E-state index in [1.54, 1.807) is 6.92 Å². The second-order valence-electron chi connectivity index (χ2n) is 5.03. The predicted molar refractivity (Wildman–Crippen MR) is 66.9 cm³/mol. The molecule has 0 saturated carbocycles. The monoisotopic (exact) mass is 251 g/mol. The Morgan fingerprint density at radius 2 is 1.88 bits per heavy atom. The number of rotatable bonds is 1. The van der Waals surface area contributed by atoms with Crippen molar-refractivity contribution in [1.29, 1.82) is 0 Å². The summed E-state index contributed by atoms with van der Waals surface area (Å²) in [6.07, 6.45) is 3.27. The second-order valence-corrected chi connectivity index (χ2v) is 7.30. The van der Waals surface area contributed by atoms with E-state index in [1.165, 1.54) is 11.1 Å². The van der Waals surface area contributed by atoms with E-state index < -0.39 is 9.84 Å². The molecular weight excluding hydrogens is 234 g/mol. The van der Waals surface area contributed by atoms with Gasteiger partial charge in [0.15, 0.2) is 9.84 Å². The minimum absolute atomic E-state index is 0.0547. The van der Waals surface area contributed by atoms with Gasteiger partial charge in [0.25, 0.3) is 0 Å². The first-order chi connectivity index (χ1) is 8.05. The zero-order valence-corrected chi connectivity index (χ0v) is 11.0. The third kappa shape index (κ3) is 1.40. The number of sulfone groups is 1. The van der Waals surface area contributed by atoms with E-state index in [4.69, 9.17) is 0 Å². The molecule has 0 spiro atoms. The van der Waals surface area contributed by atoms with Crippen LogP contribution in [0.5, 0.6) is 0 Å². The maximum Gasteiger partial charge on any atom is 0.183 e. The largest absolute Gasteiger partial charge is 0.312 e. The van der Waals surface area contributed by atoms with Crippen LogP contribution in [0.4, 0.5) is 0 Å². The van der Waals surface area contributed by atoms with E-state index in [2.05, 4.69) is 11.4 Å². The van der Waals surface area contributed by atoms with Gasteiger partial charge in [0.05, 0.1) is 16.2 Å². The average molecular weight is 251 g/mol. The average Bonchev–Trinajstić information content (AvgIpc) is 2.81. The molecule has 0 aromatic heterocycles. The van der Waals surface area contributed by atoms with Crippen LogP contribution in [0, 0.1) is 0 Å². The molecule has 1 aromatic rings. The summed E-state index contributed by atoms with van der Waals surface area (Å²) in [6.45, 7) is 1.79. The molecule has 4 heteroatoms. The van der Waals surface area contributed by atoms with Crippen molar-refractivity contribution in [3.8, 4) is 0 Å². The molecule has 92 valence electrons. The SMILES string of the molecule is CNC1c2cc3c(cc2S(=O)(=O)C1C)CCC3. The second kappa shape index (κ2) is 3.56. The van der Waals surface area contributed by atoms with Crippen LogP contribution in [0.25, 0.3) is 0 Å². The number of nitrogens with one attached hydrogen (secondary N) is 1. The Labute approximate surface area is 102 Å². The van der Waals surface area contributed by atoms with Crippen molar-refractivity contribution in [3.63, 3.8) is 0 Å². The van der Waals surface area contributed by atoms with E-state index in [0.717, 1.165) is 24.8 Å². The molecule has 17 heavy (non-hydrogen) atoms. The zero-order valence-electron chi connectivity index (χ0n) is 10.2. The van der Waals surface area contributed by atoms with Crippen molar-refractivity contribution >= 4 is 9.84 Å². The molecule has 0 amide bonds. The first-order valence-electron chi connectivity index (χ1n) is 6.12. The minimum atomic E-state index is -3.13. The van der Waals surface area contributed by atoms with Gasteiger partial charge in [0, 0.05) is 0 Å². The molecule has 1 N–H and O–H groups in total. The van der Waals surface area contributed by atoms with Crippen molar-refractivity contribution in [1.82, 2.24) is 5.32 Å². The summed E-state index contributed by atoms with van der Waals surface area (Å²) in [4.78, 5) is 0.560. The number of benzene rings is 1. The highest BCUT2D eigenvalue weighted by atomic mass is 32.2. The Morgan fingerprint density at radius 3 is 2.53 bits per heavy atom. The molecule has 2 unspecified atom stereocenters. The molecule has 0 saturated heterocycles. The zero-order chi connectivity index (χ0) is 12.2. The maximum atomic E-state index is 12.3. The van der Waals surface area contributed by atoms with Gasteiger partial charge in [-0.25, -0.2) is 8.42 Å². The normalized spacial score (nSPS) is 29.1. The number of fused-ring (bicyclic) bond motifs is 2. The third-order valence-electron chi connectivity index (χ3n) is 4.14. The van der Waals surface area contributed by atoms with Gasteiger partial charge < -0.3 is 5.32 Å². The Hall–Kier alpha value is -0.870. The van der Waals surface area contributed by atoms with Crippen molar-refractivity contribution in [3.05, 3.63) is 28.8 Å². The number of hydrogen-bond acceptors (Lipinski definition) is 3. The molecule has 3 nitrogen and oxygen atoms in total. The van der Waals surface area contributed by atoms with Crippen molar-refractivity contribution in [2.75, 3.05) is 7.05 Å². The van der Waals surface area contributed by atoms with Crippen molar-refractivity contribution in [2.24, 2.45) is 0 Å². The summed E-state index contributed by atoms with van der Waals surface area (Å²) in [5.41, 5.74) is 3.55. The van der Waals surface area contributed by atoms with Crippen LogP contribution < -0.4 is 5.32 Å². The van der Waals surface area contributed by atoms with Gasteiger partial charge >= 0.3 is 0 Å². The van der Waals surface area contributed by atoms with Crippen molar-refractivity contribution < 1.29 is 8.42 Å². The van der Waals surface area contributed by atoms with E-state index in [1.807, 2.05) is 13.1 Å². The topological polar surface area (TPSA) is 46.2 Å². The Balaban J connectivity index is 2.26. The van der Waals surface area contributed by atoms with E-state index >= 15 is 0 Å². The number of aryl methyl sites for hydroxylation is 2. The van der Waals surface area contributed by atoms with Gasteiger partial charge in [-0.1, -0.05) is 6.07 Å². The number of hydrogen-bond donors (Lipinski definition) is 1. The molecule has 2 atom stereocenters. The van der Waals surface area contributed by atoms with Crippen LogP contribution in [0.15, 0.2) is 17.0 Å². The van der Waals surface area contributed by atoms with Gasteiger partial charge in [-0.05, 0) is 56.0 Å². The van der Waals surface area contributed by atoms with Gasteiger partial charge in [-0.2, -0.15) is 0 Å². The summed E-state index contributed by atoms with van der Waals surface area (Å²) < 4.78 is 24.6. The van der Waals surface area contributed by atoms with Crippen LogP contribution in [-0.4, -0.2) is 20.7 Å². The lowest BCUT2D eigenvalue weighted by Crippen LogP contribution is -2.26. The molecule has 0 fully saturated rings. The third-order valence-corrected chi connectivity index (χ3v) is 6.35. The van der Waals surface area contributed by atoms with Gasteiger partial charge in [-0.15, -0.1) is 0 Å². The van der Waals surface area contributed by atoms with Crippen LogP contribution in [0.3, 0.4) is 0 Å². The lowest BCUT2D eigenvalue weighted by atomic mass is 10.00. The maximum absolute atomic E-state index is 12.3. The molecular formula is C13H17NO2S. The molecule has 1 heterocycles. The minimum Gasteiger partial charge on any atom is -0.312 e. The van der Waals surface area contributed by atoms with E-state index in [0.29, 0.717) is 4.90 Å². The summed E-state index contributed by atoms with van der Waals surface area (Å²) in [5.74, 6) is 0. The molecule has 3 rings (SSSR count). The highest BCUT2D eigenvalue weighted by Gasteiger charge is 2.42. The highest BCUT2D eigenvalue weighted by molar-refractivity contribution is 7.92. The lowest BCUT2D eigenvalue weighted by Gasteiger charge is -2.14. The molecule has 0 bridgehead atoms. The molecule has 1 aromatic carbocycles.